The van der Waals surface area contributed by atoms with Gasteiger partial charge in [-0.25, -0.2) is 0 Å². The van der Waals surface area contributed by atoms with E-state index in [1.165, 1.54) is 0 Å². The molecule has 0 aliphatic rings. The Labute approximate surface area is 96.3 Å². The van der Waals surface area contributed by atoms with Gasteiger partial charge in [-0.2, -0.15) is 0 Å². The molecule has 0 aliphatic carbocycles. The van der Waals surface area contributed by atoms with Gasteiger partial charge in [0.1, 0.15) is 0 Å². The molecule has 0 bridgehead atoms. The standard InChI is InChI=1S/C12H18ClNO/c1-10(5-3-2-4-8-15)12-9-11(13)6-7-14-12/h6-7,9-10,15H,2-5,8H2,1H3. The summed E-state index contributed by atoms with van der Waals surface area (Å²) in [6.07, 6.45) is 5.97. The summed E-state index contributed by atoms with van der Waals surface area (Å²) in [6, 6.07) is 3.72. The van der Waals surface area contributed by atoms with Gasteiger partial charge in [0, 0.05) is 23.5 Å². The molecule has 0 saturated heterocycles. The van der Waals surface area contributed by atoms with Crippen molar-refractivity contribution < 1.29 is 5.11 Å². The van der Waals surface area contributed by atoms with Gasteiger partial charge in [0.25, 0.3) is 0 Å². The molecule has 1 atom stereocenters. The Morgan fingerprint density at radius 2 is 2.20 bits per heavy atom. The molecule has 1 aromatic heterocycles. The molecule has 0 saturated carbocycles. The van der Waals surface area contributed by atoms with Gasteiger partial charge in [-0.1, -0.05) is 31.4 Å². The smallest absolute Gasteiger partial charge is 0.0446 e. The van der Waals surface area contributed by atoms with E-state index >= 15 is 0 Å². The molecule has 1 rings (SSSR count). The van der Waals surface area contributed by atoms with E-state index in [0.717, 1.165) is 36.4 Å². The second-order valence-corrected chi connectivity index (χ2v) is 4.31. The fourth-order valence-electron chi connectivity index (χ4n) is 1.58. The molecule has 1 N–H and O–H groups in total. The van der Waals surface area contributed by atoms with Crippen molar-refractivity contribution in [1.29, 1.82) is 0 Å². The lowest BCUT2D eigenvalue weighted by Crippen LogP contribution is -1.97. The van der Waals surface area contributed by atoms with Crippen LogP contribution in [0.15, 0.2) is 18.3 Å². The van der Waals surface area contributed by atoms with Crippen LogP contribution in [0.4, 0.5) is 0 Å². The fraction of sp³-hybridized carbons (Fsp3) is 0.583. The number of aliphatic hydroxyl groups excluding tert-OH is 1. The van der Waals surface area contributed by atoms with Crippen molar-refractivity contribution in [3.8, 4) is 0 Å². The first-order valence-corrected chi connectivity index (χ1v) is 5.84. The van der Waals surface area contributed by atoms with Gasteiger partial charge in [0.05, 0.1) is 0 Å². The van der Waals surface area contributed by atoms with Crippen molar-refractivity contribution in [3.05, 3.63) is 29.0 Å². The van der Waals surface area contributed by atoms with Crippen LogP contribution in [0.2, 0.25) is 5.02 Å². The largest absolute Gasteiger partial charge is 0.396 e. The molecule has 0 spiro atoms. The van der Waals surface area contributed by atoms with Gasteiger partial charge in [0.2, 0.25) is 0 Å². The monoisotopic (exact) mass is 227 g/mol. The summed E-state index contributed by atoms with van der Waals surface area (Å²) in [5, 5.41) is 9.41. The first kappa shape index (κ1) is 12.5. The SMILES string of the molecule is CC(CCCCCO)c1cc(Cl)ccn1. The maximum Gasteiger partial charge on any atom is 0.0446 e. The highest BCUT2D eigenvalue weighted by molar-refractivity contribution is 6.30. The van der Waals surface area contributed by atoms with Crippen LogP contribution in [-0.2, 0) is 0 Å². The maximum absolute atomic E-state index is 8.66. The van der Waals surface area contributed by atoms with Crippen LogP contribution in [-0.4, -0.2) is 16.7 Å². The van der Waals surface area contributed by atoms with Crippen molar-refractivity contribution in [2.24, 2.45) is 0 Å². The van der Waals surface area contributed by atoms with E-state index in [4.69, 9.17) is 16.7 Å². The molecule has 0 aliphatic heterocycles. The summed E-state index contributed by atoms with van der Waals surface area (Å²) in [5.41, 5.74) is 1.06. The lowest BCUT2D eigenvalue weighted by atomic mass is 9.99. The average Bonchev–Trinajstić information content (AvgIpc) is 2.24. The molecule has 2 nitrogen and oxygen atoms in total. The number of nitrogens with zero attached hydrogens (tertiary/aromatic N) is 1. The second-order valence-electron chi connectivity index (χ2n) is 3.87. The lowest BCUT2D eigenvalue weighted by Gasteiger charge is -2.10. The van der Waals surface area contributed by atoms with Gasteiger partial charge in [-0.05, 0) is 30.9 Å². The molecule has 0 radical (unpaired) electrons. The predicted octanol–water partition coefficient (Wildman–Crippen LogP) is 3.39. The number of hydrogen-bond donors (Lipinski definition) is 1. The third kappa shape index (κ3) is 4.63. The number of pyridine rings is 1. The number of aromatic nitrogens is 1. The zero-order chi connectivity index (χ0) is 11.1. The number of hydrogen-bond acceptors (Lipinski definition) is 2. The first-order valence-electron chi connectivity index (χ1n) is 5.46. The number of halogens is 1. The number of unbranched alkanes of at least 4 members (excludes halogenated alkanes) is 2. The Morgan fingerprint density at radius 1 is 1.40 bits per heavy atom. The minimum absolute atomic E-state index is 0.295. The van der Waals surface area contributed by atoms with Crippen LogP contribution in [0.1, 0.15) is 44.2 Å². The van der Waals surface area contributed by atoms with Crippen molar-refractivity contribution in [2.45, 2.75) is 38.5 Å². The highest BCUT2D eigenvalue weighted by Crippen LogP contribution is 2.21. The summed E-state index contributed by atoms with van der Waals surface area (Å²) in [6.45, 7) is 2.46. The minimum atomic E-state index is 0.295. The Morgan fingerprint density at radius 3 is 2.87 bits per heavy atom. The van der Waals surface area contributed by atoms with Crippen LogP contribution in [0.25, 0.3) is 0 Å². The van der Waals surface area contributed by atoms with Crippen LogP contribution < -0.4 is 0 Å². The molecule has 0 amide bonds. The van der Waals surface area contributed by atoms with Gasteiger partial charge in [-0.3, -0.25) is 4.98 Å². The highest BCUT2D eigenvalue weighted by atomic mass is 35.5. The summed E-state index contributed by atoms with van der Waals surface area (Å²) in [4.78, 5) is 4.30. The molecule has 1 unspecified atom stereocenters. The quantitative estimate of drug-likeness (QED) is 0.756. The summed E-state index contributed by atoms with van der Waals surface area (Å²) in [5.74, 6) is 0.447. The predicted molar refractivity (Wildman–Crippen MR) is 63.2 cm³/mol. The molecular formula is C12H18ClNO. The first-order chi connectivity index (χ1) is 7.24. The van der Waals surface area contributed by atoms with E-state index in [0.29, 0.717) is 12.5 Å². The topological polar surface area (TPSA) is 33.1 Å². The Bertz CT molecular complexity index is 291. The van der Waals surface area contributed by atoms with E-state index in [1.54, 1.807) is 12.3 Å². The van der Waals surface area contributed by atoms with E-state index < -0.39 is 0 Å². The fourth-order valence-corrected chi connectivity index (χ4v) is 1.75. The minimum Gasteiger partial charge on any atom is -0.396 e. The molecule has 1 aromatic rings. The summed E-state index contributed by atoms with van der Waals surface area (Å²) >= 11 is 5.90. The van der Waals surface area contributed by atoms with Crippen molar-refractivity contribution >= 4 is 11.6 Å². The van der Waals surface area contributed by atoms with Crippen molar-refractivity contribution in [3.63, 3.8) is 0 Å². The van der Waals surface area contributed by atoms with Gasteiger partial charge < -0.3 is 5.11 Å². The highest BCUT2D eigenvalue weighted by Gasteiger charge is 2.06. The Balaban J connectivity index is 2.36. The number of rotatable bonds is 6. The molecule has 84 valence electrons. The van der Waals surface area contributed by atoms with E-state index in [9.17, 15) is 0 Å². The zero-order valence-corrected chi connectivity index (χ0v) is 9.87. The van der Waals surface area contributed by atoms with E-state index in [2.05, 4.69) is 11.9 Å². The van der Waals surface area contributed by atoms with Crippen molar-refractivity contribution in [1.82, 2.24) is 4.98 Å². The second kappa shape index (κ2) is 6.81. The maximum atomic E-state index is 8.66. The lowest BCUT2D eigenvalue weighted by molar-refractivity contribution is 0.282. The van der Waals surface area contributed by atoms with E-state index in [1.807, 2.05) is 6.07 Å². The molecular weight excluding hydrogens is 210 g/mol. The van der Waals surface area contributed by atoms with Crippen LogP contribution in [0.5, 0.6) is 0 Å². The van der Waals surface area contributed by atoms with Crippen LogP contribution >= 0.6 is 11.6 Å². The van der Waals surface area contributed by atoms with Gasteiger partial charge in [0.15, 0.2) is 0 Å². The third-order valence-corrected chi connectivity index (χ3v) is 2.78. The van der Waals surface area contributed by atoms with Gasteiger partial charge >= 0.3 is 0 Å². The van der Waals surface area contributed by atoms with Crippen LogP contribution in [0.3, 0.4) is 0 Å². The average molecular weight is 228 g/mol. The van der Waals surface area contributed by atoms with Crippen molar-refractivity contribution in [2.75, 3.05) is 6.61 Å². The Hall–Kier alpha value is -0.600. The van der Waals surface area contributed by atoms with Gasteiger partial charge in [-0.15, -0.1) is 0 Å². The molecule has 0 aromatic carbocycles. The summed E-state index contributed by atoms with van der Waals surface area (Å²) < 4.78 is 0. The summed E-state index contributed by atoms with van der Waals surface area (Å²) in [7, 11) is 0. The Kier molecular flexibility index (Phi) is 5.66. The molecule has 15 heavy (non-hydrogen) atoms. The third-order valence-electron chi connectivity index (χ3n) is 2.54. The van der Waals surface area contributed by atoms with Crippen LogP contribution in [0, 0.1) is 0 Å². The molecule has 3 heteroatoms. The number of aliphatic hydroxyl groups is 1. The van der Waals surface area contributed by atoms with E-state index in [-0.39, 0.29) is 0 Å². The molecule has 1 heterocycles. The molecule has 0 fully saturated rings. The normalized spacial score (nSPS) is 12.7. The zero-order valence-electron chi connectivity index (χ0n) is 9.12.